The van der Waals surface area contributed by atoms with E-state index in [1.54, 1.807) is 11.1 Å². The molecular formula is C18H20. The SMILES string of the molecule is CC1(CCc2ccccc2)C=CC=C(C2=CC2)C1. The van der Waals surface area contributed by atoms with Crippen molar-refractivity contribution < 1.29 is 0 Å². The maximum atomic E-state index is 2.39. The van der Waals surface area contributed by atoms with Gasteiger partial charge in [-0.3, -0.25) is 0 Å². The summed E-state index contributed by atoms with van der Waals surface area (Å²) in [5, 5.41) is 0. The van der Waals surface area contributed by atoms with Gasteiger partial charge in [0, 0.05) is 0 Å². The quantitative estimate of drug-likeness (QED) is 0.701. The van der Waals surface area contributed by atoms with E-state index in [0.29, 0.717) is 5.41 Å². The van der Waals surface area contributed by atoms with Gasteiger partial charge < -0.3 is 0 Å². The van der Waals surface area contributed by atoms with Crippen LogP contribution in [0.1, 0.15) is 31.7 Å². The van der Waals surface area contributed by atoms with E-state index in [4.69, 9.17) is 0 Å². The topological polar surface area (TPSA) is 0 Å². The van der Waals surface area contributed by atoms with Crippen LogP contribution in [0, 0.1) is 5.41 Å². The fraction of sp³-hybridized carbons (Fsp3) is 0.333. The van der Waals surface area contributed by atoms with E-state index in [-0.39, 0.29) is 0 Å². The molecule has 0 amide bonds. The molecule has 0 fully saturated rings. The molecule has 0 bridgehead atoms. The summed E-state index contributed by atoms with van der Waals surface area (Å²) in [4.78, 5) is 0. The second-order valence-corrected chi connectivity index (χ2v) is 5.80. The highest BCUT2D eigenvalue weighted by Crippen LogP contribution is 2.41. The minimum absolute atomic E-state index is 0.337. The van der Waals surface area contributed by atoms with E-state index >= 15 is 0 Å². The first kappa shape index (κ1) is 11.5. The lowest BCUT2D eigenvalue weighted by Crippen LogP contribution is -2.17. The summed E-state index contributed by atoms with van der Waals surface area (Å²) in [6.07, 6.45) is 14.1. The van der Waals surface area contributed by atoms with Crippen LogP contribution in [0.25, 0.3) is 0 Å². The summed E-state index contributed by atoms with van der Waals surface area (Å²) >= 11 is 0. The van der Waals surface area contributed by atoms with Crippen molar-refractivity contribution in [1.29, 1.82) is 0 Å². The molecule has 0 saturated carbocycles. The van der Waals surface area contributed by atoms with Crippen molar-refractivity contribution in [3.05, 3.63) is 71.3 Å². The van der Waals surface area contributed by atoms with Crippen molar-refractivity contribution in [3.63, 3.8) is 0 Å². The Labute approximate surface area is 110 Å². The molecule has 1 unspecified atom stereocenters. The molecule has 18 heavy (non-hydrogen) atoms. The minimum atomic E-state index is 0.337. The largest absolute Gasteiger partial charge is 0.0782 e. The zero-order valence-electron chi connectivity index (χ0n) is 11.0. The van der Waals surface area contributed by atoms with Gasteiger partial charge in [-0.15, -0.1) is 0 Å². The molecule has 0 aromatic heterocycles. The highest BCUT2D eigenvalue weighted by Gasteiger charge is 2.27. The van der Waals surface area contributed by atoms with Crippen LogP contribution in [0.15, 0.2) is 65.8 Å². The monoisotopic (exact) mass is 236 g/mol. The van der Waals surface area contributed by atoms with Crippen LogP contribution in [-0.2, 0) is 6.42 Å². The third-order valence-electron chi connectivity index (χ3n) is 4.04. The van der Waals surface area contributed by atoms with E-state index in [1.807, 2.05) is 0 Å². The number of hydrogen-bond acceptors (Lipinski definition) is 0. The summed E-state index contributed by atoms with van der Waals surface area (Å²) in [5.74, 6) is 0. The van der Waals surface area contributed by atoms with Crippen LogP contribution in [0.3, 0.4) is 0 Å². The Morgan fingerprint density at radius 3 is 2.61 bits per heavy atom. The third kappa shape index (κ3) is 2.64. The van der Waals surface area contributed by atoms with Gasteiger partial charge in [0.1, 0.15) is 0 Å². The first-order valence-corrected chi connectivity index (χ1v) is 6.87. The molecule has 1 aromatic rings. The minimum Gasteiger partial charge on any atom is -0.0782 e. The highest BCUT2D eigenvalue weighted by molar-refractivity contribution is 5.46. The van der Waals surface area contributed by atoms with Gasteiger partial charge in [-0.25, -0.2) is 0 Å². The number of rotatable bonds is 4. The van der Waals surface area contributed by atoms with E-state index < -0.39 is 0 Å². The van der Waals surface area contributed by atoms with Gasteiger partial charge in [-0.1, -0.05) is 61.6 Å². The lowest BCUT2D eigenvalue weighted by atomic mass is 9.75. The first-order valence-electron chi connectivity index (χ1n) is 6.87. The fourth-order valence-corrected chi connectivity index (χ4v) is 2.73. The Bertz CT molecular complexity index is 516. The average Bonchev–Trinajstić information content (AvgIpc) is 3.22. The molecule has 92 valence electrons. The van der Waals surface area contributed by atoms with Gasteiger partial charge in [0.25, 0.3) is 0 Å². The van der Waals surface area contributed by atoms with Crippen LogP contribution < -0.4 is 0 Å². The fourth-order valence-electron chi connectivity index (χ4n) is 2.73. The molecular weight excluding hydrogens is 216 g/mol. The van der Waals surface area contributed by atoms with E-state index in [0.717, 1.165) is 0 Å². The number of aryl methyl sites for hydroxylation is 1. The number of benzene rings is 1. The Hall–Kier alpha value is -1.56. The maximum absolute atomic E-state index is 2.39. The molecule has 2 aliphatic carbocycles. The van der Waals surface area contributed by atoms with Crippen LogP contribution in [0.2, 0.25) is 0 Å². The Morgan fingerprint density at radius 1 is 1.11 bits per heavy atom. The molecule has 0 heteroatoms. The van der Waals surface area contributed by atoms with Crippen LogP contribution in [0.4, 0.5) is 0 Å². The third-order valence-corrected chi connectivity index (χ3v) is 4.04. The van der Waals surface area contributed by atoms with Crippen molar-refractivity contribution >= 4 is 0 Å². The Morgan fingerprint density at radius 2 is 1.89 bits per heavy atom. The molecule has 0 radical (unpaired) electrons. The molecule has 0 N–H and O–H groups in total. The van der Waals surface area contributed by atoms with E-state index in [9.17, 15) is 0 Å². The lowest BCUT2D eigenvalue weighted by molar-refractivity contribution is 0.386. The van der Waals surface area contributed by atoms with Gasteiger partial charge in [-0.2, -0.15) is 0 Å². The van der Waals surface area contributed by atoms with E-state index in [2.05, 4.69) is 61.6 Å². The molecule has 3 rings (SSSR count). The summed E-state index contributed by atoms with van der Waals surface area (Å²) < 4.78 is 0. The molecule has 1 atom stereocenters. The number of hydrogen-bond donors (Lipinski definition) is 0. The van der Waals surface area contributed by atoms with Gasteiger partial charge in [-0.05, 0) is 47.8 Å². The molecule has 0 heterocycles. The van der Waals surface area contributed by atoms with Crippen molar-refractivity contribution in [2.75, 3.05) is 0 Å². The standard InChI is InChI=1S/C18H20/c1-18(13-11-15-6-3-2-4-7-15)12-5-8-17(14-18)16-9-10-16/h2-9,12H,10-11,13-14H2,1H3. The van der Waals surface area contributed by atoms with Crippen molar-refractivity contribution in [2.45, 2.75) is 32.6 Å². The van der Waals surface area contributed by atoms with E-state index in [1.165, 1.54) is 31.2 Å². The van der Waals surface area contributed by atoms with Gasteiger partial charge in [0.15, 0.2) is 0 Å². The second-order valence-electron chi connectivity index (χ2n) is 5.80. The second kappa shape index (κ2) is 4.61. The maximum Gasteiger partial charge on any atom is -0.00917 e. The predicted octanol–water partition coefficient (Wildman–Crippen LogP) is 4.84. The van der Waals surface area contributed by atoms with Crippen molar-refractivity contribution in [1.82, 2.24) is 0 Å². The van der Waals surface area contributed by atoms with Crippen LogP contribution in [0.5, 0.6) is 0 Å². The van der Waals surface area contributed by atoms with Crippen molar-refractivity contribution in [3.8, 4) is 0 Å². The summed E-state index contributed by atoms with van der Waals surface area (Å²) in [5.41, 5.74) is 4.93. The zero-order valence-corrected chi connectivity index (χ0v) is 11.0. The van der Waals surface area contributed by atoms with Crippen LogP contribution >= 0.6 is 0 Å². The number of allylic oxidation sites excluding steroid dienone is 6. The Kier molecular flexibility index (Phi) is 2.95. The predicted molar refractivity (Wildman–Crippen MR) is 77.4 cm³/mol. The average molecular weight is 236 g/mol. The normalized spacial score (nSPS) is 25.6. The smallest absolute Gasteiger partial charge is 0.00917 e. The van der Waals surface area contributed by atoms with Gasteiger partial charge >= 0.3 is 0 Å². The summed E-state index contributed by atoms with van der Waals surface area (Å²) in [6, 6.07) is 10.8. The van der Waals surface area contributed by atoms with Crippen LogP contribution in [-0.4, -0.2) is 0 Å². The molecule has 2 aliphatic rings. The van der Waals surface area contributed by atoms with Gasteiger partial charge in [0.2, 0.25) is 0 Å². The van der Waals surface area contributed by atoms with Gasteiger partial charge in [0.05, 0.1) is 0 Å². The molecule has 1 aromatic carbocycles. The highest BCUT2D eigenvalue weighted by atomic mass is 14.3. The molecule has 0 aliphatic heterocycles. The Balaban J connectivity index is 1.64. The first-order chi connectivity index (χ1) is 8.75. The molecule has 0 saturated heterocycles. The summed E-state index contributed by atoms with van der Waals surface area (Å²) in [7, 11) is 0. The molecule has 0 spiro atoms. The lowest BCUT2D eigenvalue weighted by Gasteiger charge is -2.29. The zero-order chi connectivity index (χ0) is 12.4. The van der Waals surface area contributed by atoms with Crippen molar-refractivity contribution in [2.24, 2.45) is 5.41 Å². The molecule has 0 nitrogen and oxygen atoms in total. The summed E-state index contributed by atoms with van der Waals surface area (Å²) in [6.45, 7) is 2.39.